The molecule has 0 aliphatic heterocycles. The zero-order valence-electron chi connectivity index (χ0n) is 9.54. The van der Waals surface area contributed by atoms with Gasteiger partial charge in [0.15, 0.2) is 0 Å². The standard InChI is InChI=1S/C10H14N4OS/c1-7(2)4-9-11-5-8-6-12-10(16(3)15)13-14(8)9/h5-7H,4H2,1-3H3. The molecule has 0 aliphatic rings. The molecule has 5 nitrogen and oxygen atoms in total. The van der Waals surface area contributed by atoms with Crippen molar-refractivity contribution in [3.05, 3.63) is 18.2 Å². The summed E-state index contributed by atoms with van der Waals surface area (Å²) in [5.41, 5.74) is 0.838. The SMILES string of the molecule is CC(C)Cc1ncc2cnc(S(C)=O)nn12. The molecule has 2 aromatic heterocycles. The van der Waals surface area contributed by atoms with Gasteiger partial charge in [0.2, 0.25) is 5.16 Å². The normalized spacial score (nSPS) is 13.5. The fourth-order valence-corrected chi connectivity index (χ4v) is 1.87. The quantitative estimate of drug-likeness (QED) is 0.802. The van der Waals surface area contributed by atoms with E-state index >= 15 is 0 Å². The molecule has 2 rings (SSSR count). The molecule has 0 radical (unpaired) electrons. The van der Waals surface area contributed by atoms with E-state index in [0.29, 0.717) is 11.1 Å². The fraction of sp³-hybridized carbons (Fsp3) is 0.500. The summed E-state index contributed by atoms with van der Waals surface area (Å²) >= 11 is 0. The largest absolute Gasteiger partial charge is 0.251 e. The second-order valence-corrected chi connectivity index (χ2v) is 5.38. The number of nitrogens with zero attached hydrogens (tertiary/aromatic N) is 4. The first-order valence-electron chi connectivity index (χ1n) is 5.11. The molecule has 0 aromatic carbocycles. The lowest BCUT2D eigenvalue weighted by atomic mass is 10.1. The highest BCUT2D eigenvalue weighted by Crippen LogP contribution is 2.09. The van der Waals surface area contributed by atoms with Gasteiger partial charge in [-0.05, 0) is 5.92 Å². The fourth-order valence-electron chi connectivity index (χ4n) is 1.47. The van der Waals surface area contributed by atoms with Gasteiger partial charge >= 0.3 is 0 Å². The molecule has 86 valence electrons. The van der Waals surface area contributed by atoms with Crippen molar-refractivity contribution in [1.82, 2.24) is 19.6 Å². The van der Waals surface area contributed by atoms with Crippen LogP contribution in [-0.2, 0) is 17.2 Å². The Bertz CT molecular complexity index is 535. The zero-order valence-corrected chi connectivity index (χ0v) is 10.4. The van der Waals surface area contributed by atoms with E-state index in [9.17, 15) is 4.21 Å². The molecular formula is C10H14N4OS. The molecule has 0 N–H and O–H groups in total. The lowest BCUT2D eigenvalue weighted by Crippen LogP contribution is -2.07. The second kappa shape index (κ2) is 4.29. The predicted molar refractivity (Wildman–Crippen MR) is 61.7 cm³/mol. The van der Waals surface area contributed by atoms with Crippen LogP contribution in [0, 0.1) is 5.92 Å². The van der Waals surface area contributed by atoms with Crippen molar-refractivity contribution in [2.75, 3.05) is 6.26 Å². The Morgan fingerprint density at radius 1 is 1.38 bits per heavy atom. The Balaban J connectivity index is 2.51. The molecule has 1 atom stereocenters. The third-order valence-electron chi connectivity index (χ3n) is 2.18. The maximum Gasteiger partial charge on any atom is 0.237 e. The Labute approximate surface area is 96.4 Å². The monoisotopic (exact) mass is 238 g/mol. The summed E-state index contributed by atoms with van der Waals surface area (Å²) in [6, 6.07) is 0. The highest BCUT2D eigenvalue weighted by molar-refractivity contribution is 7.84. The second-order valence-electron chi connectivity index (χ2n) is 4.10. The van der Waals surface area contributed by atoms with Crippen LogP contribution in [0.15, 0.2) is 17.6 Å². The van der Waals surface area contributed by atoms with Crippen LogP contribution in [0.5, 0.6) is 0 Å². The van der Waals surface area contributed by atoms with Crippen LogP contribution in [0.2, 0.25) is 0 Å². The maximum absolute atomic E-state index is 11.3. The third-order valence-corrected chi connectivity index (χ3v) is 2.88. The third kappa shape index (κ3) is 2.11. The topological polar surface area (TPSA) is 60.2 Å². The summed E-state index contributed by atoms with van der Waals surface area (Å²) in [5, 5.41) is 4.57. The molecule has 0 aliphatic carbocycles. The Kier molecular flexibility index (Phi) is 3.00. The summed E-state index contributed by atoms with van der Waals surface area (Å²) in [5.74, 6) is 1.40. The van der Waals surface area contributed by atoms with Crippen LogP contribution < -0.4 is 0 Å². The van der Waals surface area contributed by atoms with E-state index in [1.807, 2.05) is 0 Å². The summed E-state index contributed by atoms with van der Waals surface area (Å²) in [7, 11) is -1.16. The highest BCUT2D eigenvalue weighted by Gasteiger charge is 2.09. The smallest absolute Gasteiger partial charge is 0.237 e. The molecular weight excluding hydrogens is 224 g/mol. The van der Waals surface area contributed by atoms with Crippen LogP contribution in [0.3, 0.4) is 0 Å². The lowest BCUT2D eigenvalue weighted by Gasteiger charge is -2.03. The Hall–Kier alpha value is -1.30. The van der Waals surface area contributed by atoms with E-state index in [-0.39, 0.29) is 0 Å². The van der Waals surface area contributed by atoms with Crippen molar-refractivity contribution in [2.45, 2.75) is 25.4 Å². The summed E-state index contributed by atoms with van der Waals surface area (Å²) in [4.78, 5) is 8.32. The minimum atomic E-state index is -1.16. The van der Waals surface area contributed by atoms with Crippen molar-refractivity contribution in [3.8, 4) is 0 Å². The summed E-state index contributed by atoms with van der Waals surface area (Å²) < 4.78 is 13.0. The van der Waals surface area contributed by atoms with E-state index < -0.39 is 10.8 Å². The first kappa shape index (κ1) is 11.2. The Morgan fingerprint density at radius 3 is 2.69 bits per heavy atom. The molecule has 0 saturated heterocycles. The number of fused-ring (bicyclic) bond motifs is 1. The molecule has 0 amide bonds. The molecule has 0 bridgehead atoms. The van der Waals surface area contributed by atoms with Crippen LogP contribution in [0.4, 0.5) is 0 Å². The van der Waals surface area contributed by atoms with Crippen molar-refractivity contribution < 1.29 is 4.21 Å². The van der Waals surface area contributed by atoms with E-state index in [2.05, 4.69) is 28.9 Å². The average molecular weight is 238 g/mol. The molecule has 0 fully saturated rings. The zero-order chi connectivity index (χ0) is 11.7. The first-order valence-corrected chi connectivity index (χ1v) is 6.67. The van der Waals surface area contributed by atoms with Gasteiger partial charge < -0.3 is 0 Å². The van der Waals surface area contributed by atoms with Gasteiger partial charge in [-0.1, -0.05) is 13.8 Å². The van der Waals surface area contributed by atoms with Crippen molar-refractivity contribution >= 4 is 16.3 Å². The van der Waals surface area contributed by atoms with Crippen LogP contribution >= 0.6 is 0 Å². The van der Waals surface area contributed by atoms with Gasteiger partial charge in [0.25, 0.3) is 0 Å². The number of aromatic nitrogens is 4. The van der Waals surface area contributed by atoms with Crippen LogP contribution in [0.25, 0.3) is 5.52 Å². The number of imidazole rings is 1. The molecule has 0 spiro atoms. The van der Waals surface area contributed by atoms with Gasteiger partial charge in [0.1, 0.15) is 11.3 Å². The highest BCUT2D eigenvalue weighted by atomic mass is 32.2. The van der Waals surface area contributed by atoms with Crippen LogP contribution in [0.1, 0.15) is 19.7 Å². The minimum absolute atomic E-state index is 0.343. The summed E-state index contributed by atoms with van der Waals surface area (Å²) in [6.45, 7) is 4.25. The summed E-state index contributed by atoms with van der Waals surface area (Å²) in [6.07, 6.45) is 5.81. The molecule has 0 saturated carbocycles. The van der Waals surface area contributed by atoms with Gasteiger partial charge in [-0.25, -0.2) is 14.5 Å². The van der Waals surface area contributed by atoms with Crippen molar-refractivity contribution in [1.29, 1.82) is 0 Å². The molecule has 6 heteroatoms. The predicted octanol–water partition coefficient (Wildman–Crippen LogP) is 1.06. The van der Waals surface area contributed by atoms with Gasteiger partial charge in [0.05, 0.1) is 23.2 Å². The number of hydrogen-bond donors (Lipinski definition) is 0. The maximum atomic E-state index is 11.3. The van der Waals surface area contributed by atoms with Gasteiger partial charge in [0, 0.05) is 12.7 Å². The number of rotatable bonds is 3. The minimum Gasteiger partial charge on any atom is -0.251 e. The molecule has 1 unspecified atom stereocenters. The molecule has 2 aromatic rings. The van der Waals surface area contributed by atoms with Crippen LogP contribution in [-0.4, -0.2) is 30.0 Å². The van der Waals surface area contributed by atoms with E-state index in [0.717, 1.165) is 17.8 Å². The average Bonchev–Trinajstić information content (AvgIpc) is 2.60. The first-order chi connectivity index (χ1) is 7.58. The molecule has 16 heavy (non-hydrogen) atoms. The van der Waals surface area contributed by atoms with E-state index in [1.165, 1.54) is 0 Å². The molecule has 2 heterocycles. The van der Waals surface area contributed by atoms with Crippen molar-refractivity contribution in [3.63, 3.8) is 0 Å². The van der Waals surface area contributed by atoms with Crippen molar-refractivity contribution in [2.24, 2.45) is 5.92 Å². The van der Waals surface area contributed by atoms with Gasteiger partial charge in [-0.15, -0.1) is 5.10 Å². The van der Waals surface area contributed by atoms with Gasteiger partial charge in [-0.3, -0.25) is 4.21 Å². The van der Waals surface area contributed by atoms with Gasteiger partial charge in [-0.2, -0.15) is 0 Å². The number of hydrogen-bond acceptors (Lipinski definition) is 4. The van der Waals surface area contributed by atoms with E-state index in [1.54, 1.807) is 23.2 Å². The lowest BCUT2D eigenvalue weighted by molar-refractivity contribution is 0.598. The Morgan fingerprint density at radius 2 is 2.06 bits per heavy atom. The van der Waals surface area contributed by atoms with E-state index in [4.69, 9.17) is 0 Å².